The highest BCUT2D eigenvalue weighted by Crippen LogP contribution is 2.25. The fourth-order valence-electron chi connectivity index (χ4n) is 2.71. The monoisotopic (exact) mass is 333 g/mol. The van der Waals surface area contributed by atoms with E-state index in [4.69, 9.17) is 4.74 Å². The van der Waals surface area contributed by atoms with Crippen LogP contribution >= 0.6 is 0 Å². The van der Waals surface area contributed by atoms with Crippen molar-refractivity contribution in [2.75, 3.05) is 11.9 Å². The maximum Gasteiger partial charge on any atom is 0.259 e. The van der Waals surface area contributed by atoms with Gasteiger partial charge in [-0.25, -0.2) is 0 Å². The molecule has 1 amide bonds. The maximum atomic E-state index is 12.8. The van der Waals surface area contributed by atoms with Gasteiger partial charge in [0.2, 0.25) is 0 Å². The summed E-state index contributed by atoms with van der Waals surface area (Å²) in [6.45, 7) is 4.92. The Morgan fingerprint density at radius 1 is 0.960 bits per heavy atom. The summed E-state index contributed by atoms with van der Waals surface area (Å²) in [5.74, 6) is 1.04. The van der Waals surface area contributed by atoms with Gasteiger partial charge in [0, 0.05) is 11.1 Å². The first-order valence-corrected chi connectivity index (χ1v) is 8.66. The normalized spacial score (nSPS) is 10.8. The quantitative estimate of drug-likeness (QED) is 0.645. The van der Waals surface area contributed by atoms with E-state index in [1.807, 2.05) is 60.7 Å². The fourth-order valence-corrected chi connectivity index (χ4v) is 2.71. The van der Waals surface area contributed by atoms with Crippen LogP contribution in [0.5, 0.6) is 5.75 Å². The molecule has 0 saturated carbocycles. The Morgan fingerprint density at radius 2 is 1.68 bits per heavy atom. The van der Waals surface area contributed by atoms with E-state index in [0.29, 0.717) is 23.8 Å². The average molecular weight is 333 g/mol. The number of benzene rings is 3. The van der Waals surface area contributed by atoms with E-state index in [-0.39, 0.29) is 5.91 Å². The second-order valence-electron chi connectivity index (χ2n) is 6.51. The second-order valence-corrected chi connectivity index (χ2v) is 6.51. The number of rotatable bonds is 6. The van der Waals surface area contributed by atoms with Gasteiger partial charge in [0.1, 0.15) is 5.75 Å². The molecule has 0 unspecified atom stereocenters. The summed E-state index contributed by atoms with van der Waals surface area (Å²) in [6.07, 6.45) is 0.958. The number of fused-ring (bicyclic) bond motifs is 1. The molecule has 3 heteroatoms. The predicted octanol–water partition coefficient (Wildman–Crippen LogP) is 5.52. The zero-order valence-corrected chi connectivity index (χ0v) is 14.7. The summed E-state index contributed by atoms with van der Waals surface area (Å²) >= 11 is 0. The summed E-state index contributed by atoms with van der Waals surface area (Å²) in [7, 11) is 0. The molecule has 128 valence electrons. The number of nitrogens with one attached hydrogen (secondary N) is 1. The van der Waals surface area contributed by atoms with Crippen LogP contribution in [0.1, 0.15) is 30.6 Å². The second kappa shape index (κ2) is 7.84. The molecule has 0 fully saturated rings. The lowest BCUT2D eigenvalue weighted by Crippen LogP contribution is -2.14. The van der Waals surface area contributed by atoms with E-state index in [1.54, 1.807) is 6.07 Å². The van der Waals surface area contributed by atoms with Crippen molar-refractivity contribution in [2.24, 2.45) is 5.92 Å². The highest BCUT2D eigenvalue weighted by Gasteiger charge is 2.13. The minimum Gasteiger partial charge on any atom is -0.493 e. The van der Waals surface area contributed by atoms with Gasteiger partial charge >= 0.3 is 0 Å². The lowest BCUT2D eigenvalue weighted by atomic mass is 10.1. The zero-order chi connectivity index (χ0) is 17.6. The Labute approximate surface area is 148 Å². The lowest BCUT2D eigenvalue weighted by molar-refractivity contribution is 0.102. The molecule has 0 atom stereocenters. The predicted molar refractivity (Wildman–Crippen MR) is 103 cm³/mol. The topological polar surface area (TPSA) is 38.3 Å². The van der Waals surface area contributed by atoms with Crippen LogP contribution in [-0.4, -0.2) is 12.5 Å². The van der Waals surface area contributed by atoms with Crippen molar-refractivity contribution in [3.63, 3.8) is 0 Å². The molecule has 0 saturated heterocycles. The molecule has 0 spiro atoms. The molecule has 0 aliphatic rings. The van der Waals surface area contributed by atoms with Crippen molar-refractivity contribution in [2.45, 2.75) is 20.3 Å². The molecule has 0 heterocycles. The number of ether oxygens (including phenoxy) is 1. The third-order valence-electron chi connectivity index (χ3n) is 4.12. The van der Waals surface area contributed by atoms with Crippen LogP contribution in [0.2, 0.25) is 0 Å². The van der Waals surface area contributed by atoms with Crippen molar-refractivity contribution in [3.05, 3.63) is 72.3 Å². The molecule has 1 N–H and O–H groups in total. The first-order chi connectivity index (χ1) is 12.1. The number of hydrogen-bond acceptors (Lipinski definition) is 2. The van der Waals surface area contributed by atoms with Crippen molar-refractivity contribution < 1.29 is 9.53 Å². The van der Waals surface area contributed by atoms with Crippen LogP contribution in [0.3, 0.4) is 0 Å². The lowest BCUT2D eigenvalue weighted by Gasteiger charge is -2.13. The van der Waals surface area contributed by atoms with Crippen molar-refractivity contribution in [3.8, 4) is 5.75 Å². The molecule has 3 aromatic carbocycles. The van der Waals surface area contributed by atoms with E-state index in [9.17, 15) is 4.79 Å². The highest BCUT2D eigenvalue weighted by atomic mass is 16.5. The third kappa shape index (κ3) is 4.18. The first-order valence-electron chi connectivity index (χ1n) is 8.66. The Hall–Kier alpha value is -2.81. The number of carbonyl (C=O) groups excluding carboxylic acids is 1. The van der Waals surface area contributed by atoms with Crippen molar-refractivity contribution in [1.29, 1.82) is 0 Å². The van der Waals surface area contributed by atoms with E-state index in [2.05, 4.69) is 19.2 Å². The van der Waals surface area contributed by atoms with Gasteiger partial charge in [-0.1, -0.05) is 62.4 Å². The Morgan fingerprint density at radius 3 is 2.52 bits per heavy atom. The minimum absolute atomic E-state index is 0.156. The standard InChI is InChI=1S/C22H23NO2/c1-16(2)14-15-25-21-13-6-5-11-19(21)22(24)23-20-12-7-9-17-8-3-4-10-18(17)20/h3-13,16H,14-15H2,1-2H3,(H,23,24). The van der Waals surface area contributed by atoms with Gasteiger partial charge in [0.15, 0.2) is 0 Å². The largest absolute Gasteiger partial charge is 0.493 e. The summed E-state index contributed by atoms with van der Waals surface area (Å²) in [5, 5.41) is 5.15. The summed E-state index contributed by atoms with van der Waals surface area (Å²) in [4.78, 5) is 12.8. The fraction of sp³-hybridized carbons (Fsp3) is 0.227. The molecule has 0 aliphatic carbocycles. The summed E-state index contributed by atoms with van der Waals surface area (Å²) in [5.41, 5.74) is 1.36. The Kier molecular flexibility index (Phi) is 5.34. The van der Waals surface area contributed by atoms with Crippen LogP contribution in [0.25, 0.3) is 10.8 Å². The number of amides is 1. The number of hydrogen-bond donors (Lipinski definition) is 1. The van der Waals surface area contributed by atoms with E-state index in [0.717, 1.165) is 22.9 Å². The van der Waals surface area contributed by atoms with Gasteiger partial charge in [-0.3, -0.25) is 4.79 Å². The van der Waals surface area contributed by atoms with Gasteiger partial charge < -0.3 is 10.1 Å². The SMILES string of the molecule is CC(C)CCOc1ccccc1C(=O)Nc1cccc2ccccc12. The van der Waals surface area contributed by atoms with Crippen LogP contribution in [0.15, 0.2) is 66.7 Å². The van der Waals surface area contributed by atoms with Gasteiger partial charge in [-0.05, 0) is 35.9 Å². The van der Waals surface area contributed by atoms with E-state index >= 15 is 0 Å². The Bertz CT molecular complexity index is 865. The van der Waals surface area contributed by atoms with Gasteiger partial charge in [-0.2, -0.15) is 0 Å². The molecule has 3 rings (SSSR count). The molecule has 25 heavy (non-hydrogen) atoms. The van der Waals surface area contributed by atoms with Crippen LogP contribution in [0.4, 0.5) is 5.69 Å². The van der Waals surface area contributed by atoms with E-state index < -0.39 is 0 Å². The van der Waals surface area contributed by atoms with E-state index in [1.165, 1.54) is 0 Å². The van der Waals surface area contributed by atoms with Crippen LogP contribution in [-0.2, 0) is 0 Å². The number of para-hydroxylation sites is 1. The summed E-state index contributed by atoms with van der Waals surface area (Å²) < 4.78 is 5.83. The number of carbonyl (C=O) groups is 1. The van der Waals surface area contributed by atoms with Crippen molar-refractivity contribution in [1.82, 2.24) is 0 Å². The smallest absolute Gasteiger partial charge is 0.259 e. The van der Waals surface area contributed by atoms with Gasteiger partial charge in [0.25, 0.3) is 5.91 Å². The van der Waals surface area contributed by atoms with Crippen molar-refractivity contribution >= 4 is 22.4 Å². The number of anilines is 1. The zero-order valence-electron chi connectivity index (χ0n) is 14.7. The van der Waals surface area contributed by atoms with Crippen LogP contribution < -0.4 is 10.1 Å². The third-order valence-corrected chi connectivity index (χ3v) is 4.12. The maximum absolute atomic E-state index is 12.8. The molecular weight excluding hydrogens is 310 g/mol. The molecule has 0 radical (unpaired) electrons. The highest BCUT2D eigenvalue weighted by molar-refractivity contribution is 6.10. The average Bonchev–Trinajstić information content (AvgIpc) is 2.62. The molecule has 3 nitrogen and oxygen atoms in total. The van der Waals surface area contributed by atoms with Gasteiger partial charge in [0.05, 0.1) is 12.2 Å². The molecular formula is C22H23NO2. The van der Waals surface area contributed by atoms with Crippen LogP contribution in [0, 0.1) is 5.92 Å². The molecule has 3 aromatic rings. The Balaban J connectivity index is 1.81. The summed E-state index contributed by atoms with van der Waals surface area (Å²) in [6, 6.07) is 21.3. The van der Waals surface area contributed by atoms with Gasteiger partial charge in [-0.15, -0.1) is 0 Å². The molecule has 0 bridgehead atoms. The minimum atomic E-state index is -0.156. The molecule has 0 aliphatic heterocycles. The first kappa shape index (κ1) is 17.0. The molecule has 0 aromatic heterocycles.